The van der Waals surface area contributed by atoms with Crippen LogP contribution >= 0.6 is 0 Å². The van der Waals surface area contributed by atoms with Gasteiger partial charge in [-0.05, 0) is 55.2 Å². The van der Waals surface area contributed by atoms with Crippen LogP contribution < -0.4 is 0 Å². The second-order valence-electron chi connectivity index (χ2n) is 5.54. The number of ether oxygens (including phenoxy) is 1. The summed E-state index contributed by atoms with van der Waals surface area (Å²) < 4.78 is 6.00. The summed E-state index contributed by atoms with van der Waals surface area (Å²) in [5.41, 5.74) is 2.63. The molecule has 1 aliphatic rings. The predicted octanol–water partition coefficient (Wildman–Crippen LogP) is 4.08. The molecule has 1 aliphatic carbocycles. The van der Waals surface area contributed by atoms with Gasteiger partial charge in [-0.1, -0.05) is 37.3 Å². The zero-order valence-electron chi connectivity index (χ0n) is 12.3. The highest BCUT2D eigenvalue weighted by Gasteiger charge is 2.19. The van der Waals surface area contributed by atoms with Crippen molar-refractivity contribution in [3.63, 3.8) is 0 Å². The van der Waals surface area contributed by atoms with Crippen molar-refractivity contribution < 1.29 is 9.53 Å². The van der Waals surface area contributed by atoms with Gasteiger partial charge >= 0.3 is 0 Å². The van der Waals surface area contributed by atoms with E-state index in [0.717, 1.165) is 38.4 Å². The van der Waals surface area contributed by atoms with Crippen molar-refractivity contribution >= 4 is 6.29 Å². The van der Waals surface area contributed by atoms with Crippen LogP contribution in [0.3, 0.4) is 0 Å². The van der Waals surface area contributed by atoms with Gasteiger partial charge < -0.3 is 4.74 Å². The third-order valence-electron chi connectivity index (χ3n) is 4.10. The van der Waals surface area contributed by atoms with Crippen LogP contribution in [-0.4, -0.2) is 12.4 Å². The standard InChI is InChI=1S/C18H24O2/c1-2-15-5-7-17(8-6-15)14-20-18-11-9-16(10-12-18)4-3-13-19/h3-8,13,16,18H,2,9-12,14H2,1H3. The first-order chi connectivity index (χ1) is 9.81. The van der Waals surface area contributed by atoms with Crippen LogP contribution in [0.1, 0.15) is 43.7 Å². The molecule has 1 fully saturated rings. The Morgan fingerprint density at radius 1 is 1.10 bits per heavy atom. The molecule has 108 valence electrons. The highest BCUT2D eigenvalue weighted by Crippen LogP contribution is 2.27. The molecule has 0 unspecified atom stereocenters. The third kappa shape index (κ3) is 4.61. The number of aryl methyl sites for hydroxylation is 1. The zero-order valence-corrected chi connectivity index (χ0v) is 12.3. The van der Waals surface area contributed by atoms with E-state index in [4.69, 9.17) is 4.74 Å². The van der Waals surface area contributed by atoms with E-state index >= 15 is 0 Å². The molecule has 2 heteroatoms. The van der Waals surface area contributed by atoms with Gasteiger partial charge in [0.2, 0.25) is 0 Å². The lowest BCUT2D eigenvalue weighted by molar-refractivity contribution is -0.104. The number of aldehydes is 1. The van der Waals surface area contributed by atoms with E-state index < -0.39 is 0 Å². The summed E-state index contributed by atoms with van der Waals surface area (Å²) in [7, 11) is 0. The summed E-state index contributed by atoms with van der Waals surface area (Å²) in [5, 5.41) is 0. The molecule has 0 aromatic heterocycles. The van der Waals surface area contributed by atoms with Crippen LogP contribution in [0.25, 0.3) is 0 Å². The predicted molar refractivity (Wildman–Crippen MR) is 81.6 cm³/mol. The number of hydrogen-bond donors (Lipinski definition) is 0. The normalized spacial score (nSPS) is 23.1. The van der Waals surface area contributed by atoms with Crippen LogP contribution in [-0.2, 0) is 22.6 Å². The number of hydrogen-bond acceptors (Lipinski definition) is 2. The fraction of sp³-hybridized carbons (Fsp3) is 0.500. The number of allylic oxidation sites excluding steroid dienone is 2. The Bertz CT molecular complexity index is 425. The minimum atomic E-state index is 0.377. The average Bonchev–Trinajstić information content (AvgIpc) is 2.52. The van der Waals surface area contributed by atoms with E-state index in [0.29, 0.717) is 18.6 Å². The molecule has 1 aromatic carbocycles. The second kappa shape index (κ2) is 8.01. The minimum absolute atomic E-state index is 0.377. The van der Waals surface area contributed by atoms with Gasteiger partial charge in [-0.25, -0.2) is 0 Å². The van der Waals surface area contributed by atoms with Gasteiger partial charge in [0.25, 0.3) is 0 Å². The van der Waals surface area contributed by atoms with Crippen LogP contribution in [0, 0.1) is 5.92 Å². The largest absolute Gasteiger partial charge is 0.374 e. The third-order valence-corrected chi connectivity index (χ3v) is 4.10. The maximum atomic E-state index is 10.3. The van der Waals surface area contributed by atoms with Gasteiger partial charge in [-0.3, -0.25) is 4.79 Å². The Kier molecular flexibility index (Phi) is 6.00. The minimum Gasteiger partial charge on any atom is -0.374 e. The Hall–Kier alpha value is -1.41. The Morgan fingerprint density at radius 2 is 1.75 bits per heavy atom. The van der Waals surface area contributed by atoms with E-state index in [1.807, 2.05) is 6.08 Å². The molecule has 0 radical (unpaired) electrons. The highest BCUT2D eigenvalue weighted by molar-refractivity contribution is 5.64. The van der Waals surface area contributed by atoms with Gasteiger partial charge in [0.1, 0.15) is 6.29 Å². The molecule has 0 saturated heterocycles. The summed E-state index contributed by atoms with van der Waals surface area (Å²) in [6, 6.07) is 8.69. The van der Waals surface area contributed by atoms with Crippen molar-refractivity contribution in [3.05, 3.63) is 47.5 Å². The quantitative estimate of drug-likeness (QED) is 0.576. The smallest absolute Gasteiger partial charge is 0.142 e. The van der Waals surface area contributed by atoms with Crippen molar-refractivity contribution in [2.45, 2.75) is 51.7 Å². The van der Waals surface area contributed by atoms with Gasteiger partial charge in [-0.2, -0.15) is 0 Å². The fourth-order valence-corrected chi connectivity index (χ4v) is 2.74. The van der Waals surface area contributed by atoms with E-state index in [1.165, 1.54) is 11.1 Å². The number of rotatable bonds is 6. The molecule has 2 nitrogen and oxygen atoms in total. The summed E-state index contributed by atoms with van der Waals surface area (Å²) in [6.45, 7) is 2.88. The van der Waals surface area contributed by atoms with Crippen molar-refractivity contribution in [1.82, 2.24) is 0 Å². The van der Waals surface area contributed by atoms with Crippen LogP contribution in [0.2, 0.25) is 0 Å². The Morgan fingerprint density at radius 3 is 2.35 bits per heavy atom. The Labute approximate surface area is 121 Å². The molecule has 0 atom stereocenters. The molecule has 0 spiro atoms. The summed E-state index contributed by atoms with van der Waals surface area (Å²) >= 11 is 0. The van der Waals surface area contributed by atoms with E-state index in [-0.39, 0.29) is 0 Å². The van der Waals surface area contributed by atoms with E-state index in [9.17, 15) is 4.79 Å². The van der Waals surface area contributed by atoms with Crippen molar-refractivity contribution in [2.24, 2.45) is 5.92 Å². The molecule has 0 N–H and O–H groups in total. The van der Waals surface area contributed by atoms with Crippen molar-refractivity contribution in [2.75, 3.05) is 0 Å². The van der Waals surface area contributed by atoms with Gasteiger partial charge in [0.05, 0.1) is 12.7 Å². The van der Waals surface area contributed by atoms with Crippen LogP contribution in [0.15, 0.2) is 36.4 Å². The first kappa shape index (κ1) is 15.0. The summed E-state index contributed by atoms with van der Waals surface area (Å²) in [5.74, 6) is 0.559. The molecular formula is C18H24O2. The number of benzene rings is 1. The first-order valence-electron chi connectivity index (χ1n) is 7.63. The second-order valence-corrected chi connectivity index (χ2v) is 5.54. The number of carbonyl (C=O) groups is 1. The van der Waals surface area contributed by atoms with Gasteiger partial charge in [-0.15, -0.1) is 0 Å². The lowest BCUT2D eigenvalue weighted by Crippen LogP contribution is -2.20. The lowest BCUT2D eigenvalue weighted by atomic mass is 9.87. The molecule has 1 saturated carbocycles. The van der Waals surface area contributed by atoms with E-state index in [2.05, 4.69) is 31.2 Å². The maximum absolute atomic E-state index is 10.3. The molecular weight excluding hydrogens is 248 g/mol. The Balaban J connectivity index is 1.72. The molecule has 0 bridgehead atoms. The number of carbonyl (C=O) groups excluding carboxylic acids is 1. The SMILES string of the molecule is CCc1ccc(COC2CCC(C=CC=O)CC2)cc1. The van der Waals surface area contributed by atoms with E-state index in [1.54, 1.807) is 6.08 Å². The molecule has 20 heavy (non-hydrogen) atoms. The fourth-order valence-electron chi connectivity index (χ4n) is 2.74. The highest BCUT2D eigenvalue weighted by atomic mass is 16.5. The zero-order chi connectivity index (χ0) is 14.2. The molecule has 0 amide bonds. The van der Waals surface area contributed by atoms with Crippen molar-refractivity contribution in [3.8, 4) is 0 Å². The average molecular weight is 272 g/mol. The molecule has 0 aliphatic heterocycles. The molecule has 1 aromatic rings. The molecule has 2 rings (SSSR count). The summed E-state index contributed by atoms with van der Waals surface area (Å²) in [6.07, 6.45) is 10.4. The first-order valence-corrected chi connectivity index (χ1v) is 7.63. The summed E-state index contributed by atoms with van der Waals surface area (Å²) in [4.78, 5) is 10.3. The van der Waals surface area contributed by atoms with Crippen LogP contribution in [0.5, 0.6) is 0 Å². The maximum Gasteiger partial charge on any atom is 0.142 e. The van der Waals surface area contributed by atoms with Gasteiger partial charge in [0.15, 0.2) is 0 Å². The lowest BCUT2D eigenvalue weighted by Gasteiger charge is -2.26. The topological polar surface area (TPSA) is 26.3 Å². The van der Waals surface area contributed by atoms with Crippen molar-refractivity contribution in [1.29, 1.82) is 0 Å². The van der Waals surface area contributed by atoms with Crippen LogP contribution in [0.4, 0.5) is 0 Å². The molecule has 0 heterocycles. The van der Waals surface area contributed by atoms with Gasteiger partial charge in [0, 0.05) is 0 Å². The monoisotopic (exact) mass is 272 g/mol.